The summed E-state index contributed by atoms with van der Waals surface area (Å²) in [5.41, 5.74) is 6.73. The number of rotatable bonds is 9. The molecule has 1 unspecified atom stereocenters. The van der Waals surface area contributed by atoms with E-state index in [0.29, 0.717) is 6.42 Å². The predicted octanol–water partition coefficient (Wildman–Crippen LogP) is 3.31. The molecule has 0 aromatic rings. The number of nitrogens with two attached hydrogens (primary N) is 1. The Morgan fingerprint density at radius 2 is 2.12 bits per heavy atom. The van der Waals surface area contributed by atoms with Gasteiger partial charge in [0.05, 0.1) is 7.11 Å². The van der Waals surface area contributed by atoms with Gasteiger partial charge in [0.1, 0.15) is 12.4 Å². The lowest BCUT2D eigenvalue weighted by Crippen LogP contribution is -2.30. The van der Waals surface area contributed by atoms with E-state index in [-0.39, 0.29) is 16.9 Å². The number of carbonyl (C=O) groups is 1. The van der Waals surface area contributed by atoms with Crippen LogP contribution in [-0.2, 0) is 9.53 Å². The van der Waals surface area contributed by atoms with Crippen molar-refractivity contribution in [3.8, 4) is 0 Å². The van der Waals surface area contributed by atoms with Crippen molar-refractivity contribution in [3.63, 3.8) is 0 Å². The number of methoxy groups -OCH3 is 1. The molecule has 26 heavy (non-hydrogen) atoms. The Hall–Kier alpha value is -2.34. The molecule has 6 nitrogen and oxygen atoms in total. The summed E-state index contributed by atoms with van der Waals surface area (Å²) in [4.78, 5) is 15.9. The number of esters is 1. The molecule has 0 fully saturated rings. The monoisotopic (exact) mass is 362 g/mol. The van der Waals surface area contributed by atoms with Gasteiger partial charge in [0.2, 0.25) is 0 Å². The van der Waals surface area contributed by atoms with E-state index in [0.717, 1.165) is 25.7 Å². The number of hydrogen-bond acceptors (Lipinski definition) is 5. The van der Waals surface area contributed by atoms with Gasteiger partial charge in [-0.1, -0.05) is 50.6 Å². The molecule has 144 valence electrons. The van der Waals surface area contributed by atoms with E-state index in [1.807, 2.05) is 6.08 Å². The minimum absolute atomic E-state index is 0.211. The standard InChI is InChI=1S/C20H30N2O4/c1-4-12-20(5-2,15-10-8-6-7-9-11-15)13-17(21)22-18(16(24)14-23)19(25)26-3/h6,8-11,23-24H,4-5,7,12-14H2,1-3H3,(H2,21,22)/b18-16+. The first-order valence-corrected chi connectivity index (χ1v) is 8.92. The third-order valence-electron chi connectivity index (χ3n) is 4.58. The Morgan fingerprint density at radius 1 is 1.38 bits per heavy atom. The van der Waals surface area contributed by atoms with E-state index in [1.165, 1.54) is 12.7 Å². The van der Waals surface area contributed by atoms with Crippen LogP contribution in [0.1, 0.15) is 46.0 Å². The fourth-order valence-electron chi connectivity index (χ4n) is 3.18. The summed E-state index contributed by atoms with van der Waals surface area (Å²) in [6.07, 6.45) is 14.5. The summed E-state index contributed by atoms with van der Waals surface area (Å²) in [7, 11) is 1.18. The van der Waals surface area contributed by atoms with E-state index in [9.17, 15) is 9.90 Å². The second-order valence-corrected chi connectivity index (χ2v) is 6.30. The van der Waals surface area contributed by atoms with Crippen molar-refractivity contribution in [2.24, 2.45) is 16.1 Å². The van der Waals surface area contributed by atoms with Crippen LogP contribution in [0.2, 0.25) is 0 Å². The summed E-state index contributed by atoms with van der Waals surface area (Å²) >= 11 is 0. The maximum absolute atomic E-state index is 11.8. The zero-order valence-corrected chi connectivity index (χ0v) is 15.9. The fraction of sp³-hybridized carbons (Fsp3) is 0.500. The molecule has 1 rings (SSSR count). The summed E-state index contributed by atoms with van der Waals surface area (Å²) in [5.74, 6) is -1.19. The Bertz CT molecular complexity index is 644. The largest absolute Gasteiger partial charge is 0.507 e. The summed E-state index contributed by atoms with van der Waals surface area (Å²) in [5, 5.41) is 18.9. The molecule has 6 heteroatoms. The van der Waals surface area contributed by atoms with Gasteiger partial charge in [0.15, 0.2) is 11.5 Å². The molecule has 0 saturated heterocycles. The van der Waals surface area contributed by atoms with Crippen LogP contribution < -0.4 is 5.73 Å². The summed E-state index contributed by atoms with van der Waals surface area (Å²) in [6, 6.07) is 0. The molecule has 4 N–H and O–H groups in total. The molecule has 0 saturated carbocycles. The van der Waals surface area contributed by atoms with Crippen molar-refractivity contribution in [1.29, 1.82) is 0 Å². The maximum Gasteiger partial charge on any atom is 0.360 e. The Balaban J connectivity index is 3.27. The maximum atomic E-state index is 11.8. The fourth-order valence-corrected chi connectivity index (χ4v) is 3.18. The number of carbonyl (C=O) groups excluding carboxylic acids is 1. The molecule has 1 aliphatic rings. The number of aliphatic hydroxyl groups is 2. The highest BCUT2D eigenvalue weighted by Gasteiger charge is 2.32. The first-order valence-electron chi connectivity index (χ1n) is 8.92. The first kappa shape index (κ1) is 21.7. The normalized spacial score (nSPS) is 17.8. The Morgan fingerprint density at radius 3 is 2.69 bits per heavy atom. The molecule has 1 aliphatic carbocycles. The molecular formula is C20H30N2O4. The number of amidine groups is 1. The van der Waals surface area contributed by atoms with Gasteiger partial charge in [-0.05, 0) is 24.8 Å². The van der Waals surface area contributed by atoms with Crippen LogP contribution in [0.3, 0.4) is 0 Å². The number of aliphatic imine (C=N–C) groups is 1. The van der Waals surface area contributed by atoms with Crippen molar-refractivity contribution in [1.82, 2.24) is 0 Å². The smallest absolute Gasteiger partial charge is 0.360 e. The van der Waals surface area contributed by atoms with Gasteiger partial charge >= 0.3 is 5.97 Å². The second-order valence-electron chi connectivity index (χ2n) is 6.30. The average Bonchev–Trinajstić information content (AvgIpc) is 2.94. The predicted molar refractivity (Wildman–Crippen MR) is 104 cm³/mol. The first-order chi connectivity index (χ1) is 12.4. The SMILES string of the molecule is CCCC(CC)(CC(N)=N/C(C(=O)OC)=C(/O)CO)C1=CC=CCC=C1. The average molecular weight is 362 g/mol. The van der Waals surface area contributed by atoms with E-state index >= 15 is 0 Å². The van der Waals surface area contributed by atoms with Crippen LogP contribution in [-0.4, -0.2) is 35.7 Å². The van der Waals surface area contributed by atoms with Gasteiger partial charge in [-0.15, -0.1) is 0 Å². The number of ether oxygens (including phenoxy) is 1. The number of aliphatic hydroxyl groups excluding tert-OH is 2. The topological polar surface area (TPSA) is 105 Å². The molecule has 0 spiro atoms. The highest BCUT2D eigenvalue weighted by Crippen LogP contribution is 2.41. The van der Waals surface area contributed by atoms with Gasteiger partial charge in [-0.25, -0.2) is 9.79 Å². The number of nitrogens with zero attached hydrogens (tertiary/aromatic N) is 1. The molecule has 0 aromatic heterocycles. The van der Waals surface area contributed by atoms with Crippen LogP contribution in [0.25, 0.3) is 0 Å². The minimum Gasteiger partial charge on any atom is -0.507 e. The Kier molecular flexibility index (Phi) is 8.85. The summed E-state index contributed by atoms with van der Waals surface area (Å²) < 4.78 is 4.61. The molecule has 0 amide bonds. The van der Waals surface area contributed by atoms with Gasteiger partial charge in [0, 0.05) is 11.8 Å². The third-order valence-corrected chi connectivity index (χ3v) is 4.58. The Labute approximate surface area is 155 Å². The van der Waals surface area contributed by atoms with Crippen LogP contribution in [0, 0.1) is 5.41 Å². The molecular weight excluding hydrogens is 332 g/mol. The highest BCUT2D eigenvalue weighted by molar-refractivity contribution is 5.93. The molecule has 0 aliphatic heterocycles. The van der Waals surface area contributed by atoms with Crippen molar-refractivity contribution in [2.45, 2.75) is 46.0 Å². The van der Waals surface area contributed by atoms with Gasteiger partial charge in [0.25, 0.3) is 0 Å². The number of hydrogen-bond donors (Lipinski definition) is 3. The molecule has 0 bridgehead atoms. The van der Waals surface area contributed by atoms with Gasteiger partial charge in [-0.3, -0.25) is 0 Å². The van der Waals surface area contributed by atoms with Crippen LogP contribution >= 0.6 is 0 Å². The van der Waals surface area contributed by atoms with E-state index in [4.69, 9.17) is 10.8 Å². The molecule has 0 aromatic carbocycles. The van der Waals surface area contributed by atoms with Gasteiger partial charge < -0.3 is 20.7 Å². The van der Waals surface area contributed by atoms with E-state index < -0.39 is 18.3 Å². The second kappa shape index (κ2) is 10.6. The zero-order chi connectivity index (χ0) is 19.6. The third kappa shape index (κ3) is 5.59. The van der Waals surface area contributed by atoms with Crippen molar-refractivity contribution in [3.05, 3.63) is 47.4 Å². The quantitative estimate of drug-likeness (QED) is 0.192. The van der Waals surface area contributed by atoms with Crippen molar-refractivity contribution < 1.29 is 19.7 Å². The van der Waals surface area contributed by atoms with Gasteiger partial charge in [-0.2, -0.15) is 0 Å². The van der Waals surface area contributed by atoms with Crippen LogP contribution in [0.15, 0.2) is 52.4 Å². The number of allylic oxidation sites excluding steroid dienone is 6. The lowest BCUT2D eigenvalue weighted by Gasteiger charge is -2.34. The molecule has 0 radical (unpaired) electrons. The van der Waals surface area contributed by atoms with Crippen LogP contribution in [0.4, 0.5) is 0 Å². The molecule has 0 heterocycles. The lowest BCUT2D eigenvalue weighted by molar-refractivity contribution is -0.136. The molecule has 1 atom stereocenters. The van der Waals surface area contributed by atoms with Crippen molar-refractivity contribution >= 4 is 11.8 Å². The highest BCUT2D eigenvalue weighted by atomic mass is 16.5. The summed E-state index contributed by atoms with van der Waals surface area (Å²) in [6.45, 7) is 3.51. The van der Waals surface area contributed by atoms with E-state index in [1.54, 1.807) is 0 Å². The van der Waals surface area contributed by atoms with Crippen molar-refractivity contribution in [2.75, 3.05) is 13.7 Å². The van der Waals surface area contributed by atoms with E-state index in [2.05, 4.69) is 47.9 Å². The lowest BCUT2D eigenvalue weighted by atomic mass is 9.71. The minimum atomic E-state index is -0.839. The zero-order valence-electron chi connectivity index (χ0n) is 15.9. The van der Waals surface area contributed by atoms with Crippen LogP contribution in [0.5, 0.6) is 0 Å².